The van der Waals surface area contributed by atoms with Crippen molar-refractivity contribution in [3.05, 3.63) is 11.1 Å². The fourth-order valence-corrected chi connectivity index (χ4v) is 3.78. The highest BCUT2D eigenvalue weighted by Gasteiger charge is 2.27. The van der Waals surface area contributed by atoms with Gasteiger partial charge < -0.3 is 10.0 Å². The first-order valence-electron chi connectivity index (χ1n) is 6.62. The van der Waals surface area contributed by atoms with Crippen LogP contribution in [0.2, 0.25) is 0 Å². The summed E-state index contributed by atoms with van der Waals surface area (Å²) in [5.74, 6) is 0.0190. The highest BCUT2D eigenvalue weighted by molar-refractivity contribution is 7.92. The maximum Gasteiger partial charge on any atom is 0.231 e. The molecule has 118 valence electrons. The SMILES string of the molecule is CC1CN(C(=O)Cc2csc(NS(C)(=O)=O)n2)CCC1O. The van der Waals surface area contributed by atoms with Crippen LogP contribution in [0, 0.1) is 5.92 Å². The highest BCUT2D eigenvalue weighted by atomic mass is 32.2. The van der Waals surface area contributed by atoms with Crippen molar-refractivity contribution >= 4 is 32.4 Å². The van der Waals surface area contributed by atoms with Gasteiger partial charge in [0.05, 0.1) is 24.5 Å². The second-order valence-electron chi connectivity index (χ2n) is 5.37. The lowest BCUT2D eigenvalue weighted by atomic mass is 9.96. The van der Waals surface area contributed by atoms with Crippen molar-refractivity contribution in [1.82, 2.24) is 9.88 Å². The molecule has 2 unspecified atom stereocenters. The van der Waals surface area contributed by atoms with Gasteiger partial charge in [0.2, 0.25) is 15.9 Å². The molecule has 2 atom stereocenters. The van der Waals surface area contributed by atoms with Gasteiger partial charge >= 0.3 is 0 Å². The summed E-state index contributed by atoms with van der Waals surface area (Å²) in [5, 5.41) is 11.6. The van der Waals surface area contributed by atoms with Gasteiger partial charge in [-0.3, -0.25) is 9.52 Å². The molecule has 0 radical (unpaired) electrons. The number of sulfonamides is 1. The number of rotatable bonds is 4. The third-order valence-electron chi connectivity index (χ3n) is 3.37. The Balaban J connectivity index is 1.94. The van der Waals surface area contributed by atoms with E-state index in [0.717, 1.165) is 17.6 Å². The second kappa shape index (κ2) is 6.29. The van der Waals surface area contributed by atoms with Crippen LogP contribution in [-0.4, -0.2) is 54.8 Å². The van der Waals surface area contributed by atoms with E-state index in [1.807, 2.05) is 6.92 Å². The Bertz CT molecular complexity index is 614. The van der Waals surface area contributed by atoms with E-state index in [1.54, 1.807) is 10.3 Å². The fourth-order valence-electron chi connectivity index (χ4n) is 2.22. The van der Waals surface area contributed by atoms with Crippen molar-refractivity contribution in [3.8, 4) is 0 Å². The molecule has 2 rings (SSSR count). The van der Waals surface area contributed by atoms with Gasteiger partial charge in [0, 0.05) is 18.5 Å². The molecule has 2 N–H and O–H groups in total. The molecule has 0 bridgehead atoms. The Kier molecular flexibility index (Phi) is 4.84. The third kappa shape index (κ3) is 4.65. The molecular weight excluding hydrogens is 314 g/mol. The summed E-state index contributed by atoms with van der Waals surface area (Å²) in [5.41, 5.74) is 0.551. The summed E-state index contributed by atoms with van der Waals surface area (Å²) in [7, 11) is -3.35. The Hall–Kier alpha value is -1.19. The first kappa shape index (κ1) is 16.2. The molecule has 9 heteroatoms. The molecule has 1 fully saturated rings. The zero-order chi connectivity index (χ0) is 15.6. The van der Waals surface area contributed by atoms with Gasteiger partial charge in [-0.2, -0.15) is 0 Å². The molecule has 1 saturated heterocycles. The van der Waals surface area contributed by atoms with E-state index in [2.05, 4.69) is 9.71 Å². The van der Waals surface area contributed by atoms with E-state index in [4.69, 9.17) is 0 Å². The molecule has 1 aliphatic rings. The molecule has 1 amide bonds. The molecule has 0 saturated carbocycles. The Labute approximate surface area is 128 Å². The number of thiazole rings is 1. The zero-order valence-electron chi connectivity index (χ0n) is 11.9. The second-order valence-corrected chi connectivity index (χ2v) is 7.97. The van der Waals surface area contributed by atoms with Crippen molar-refractivity contribution in [2.75, 3.05) is 24.1 Å². The van der Waals surface area contributed by atoms with E-state index < -0.39 is 10.0 Å². The fraction of sp³-hybridized carbons (Fsp3) is 0.667. The van der Waals surface area contributed by atoms with E-state index >= 15 is 0 Å². The Morgan fingerprint density at radius 2 is 2.33 bits per heavy atom. The Morgan fingerprint density at radius 1 is 1.62 bits per heavy atom. The standard InChI is InChI=1S/C12H19N3O4S2/c1-8-6-15(4-3-10(8)16)11(17)5-9-7-20-12(13-9)14-21(2,18)19/h7-8,10,16H,3-6H2,1-2H3,(H,13,14). The molecular formula is C12H19N3O4S2. The monoisotopic (exact) mass is 333 g/mol. The van der Waals surface area contributed by atoms with E-state index in [1.165, 1.54) is 0 Å². The number of aliphatic hydroxyl groups is 1. The smallest absolute Gasteiger partial charge is 0.231 e. The van der Waals surface area contributed by atoms with Crippen molar-refractivity contribution < 1.29 is 18.3 Å². The number of piperidine rings is 1. The summed E-state index contributed by atoms with van der Waals surface area (Å²) in [6, 6.07) is 0. The van der Waals surface area contributed by atoms with Crippen molar-refractivity contribution in [3.63, 3.8) is 0 Å². The predicted octanol–water partition coefficient (Wildman–Crippen LogP) is 0.286. The number of carbonyl (C=O) groups excluding carboxylic acids is 1. The lowest BCUT2D eigenvalue weighted by molar-refractivity contribution is -0.134. The summed E-state index contributed by atoms with van der Waals surface area (Å²) >= 11 is 1.15. The maximum atomic E-state index is 12.2. The van der Waals surface area contributed by atoms with Crippen LogP contribution in [0.15, 0.2) is 5.38 Å². The molecule has 21 heavy (non-hydrogen) atoms. The van der Waals surface area contributed by atoms with E-state index in [-0.39, 0.29) is 29.5 Å². The van der Waals surface area contributed by atoms with Gasteiger partial charge in [-0.25, -0.2) is 13.4 Å². The lowest BCUT2D eigenvalue weighted by Gasteiger charge is -2.34. The highest BCUT2D eigenvalue weighted by Crippen LogP contribution is 2.20. The number of hydrogen-bond donors (Lipinski definition) is 2. The number of amides is 1. The number of nitrogens with zero attached hydrogens (tertiary/aromatic N) is 2. The summed E-state index contributed by atoms with van der Waals surface area (Å²) in [6.45, 7) is 3.00. The zero-order valence-corrected chi connectivity index (χ0v) is 13.6. The molecule has 1 aromatic heterocycles. The largest absolute Gasteiger partial charge is 0.393 e. The number of hydrogen-bond acceptors (Lipinski definition) is 6. The van der Waals surface area contributed by atoms with Gasteiger partial charge in [0.15, 0.2) is 5.13 Å². The van der Waals surface area contributed by atoms with Gasteiger partial charge in [0.25, 0.3) is 0 Å². The third-order valence-corrected chi connectivity index (χ3v) is 4.87. The van der Waals surface area contributed by atoms with Crippen molar-refractivity contribution in [2.24, 2.45) is 5.92 Å². The van der Waals surface area contributed by atoms with E-state index in [9.17, 15) is 18.3 Å². The maximum absolute atomic E-state index is 12.2. The first-order chi connectivity index (χ1) is 9.74. The van der Waals surface area contributed by atoms with Crippen LogP contribution < -0.4 is 4.72 Å². The summed E-state index contributed by atoms with van der Waals surface area (Å²) in [4.78, 5) is 18.0. The van der Waals surface area contributed by atoms with Crippen molar-refractivity contribution in [1.29, 1.82) is 0 Å². The minimum atomic E-state index is -3.35. The summed E-state index contributed by atoms with van der Waals surface area (Å²) < 4.78 is 24.5. The van der Waals surface area contributed by atoms with Crippen LogP contribution in [-0.2, 0) is 21.2 Å². The molecule has 2 heterocycles. The minimum absolute atomic E-state index is 0.0510. The number of aromatic nitrogens is 1. The normalized spacial score (nSPS) is 23.1. The van der Waals surface area contributed by atoms with Crippen LogP contribution in [0.4, 0.5) is 5.13 Å². The topological polar surface area (TPSA) is 99.6 Å². The number of nitrogens with one attached hydrogen (secondary N) is 1. The average molecular weight is 333 g/mol. The predicted molar refractivity (Wildman–Crippen MR) is 80.7 cm³/mol. The first-order valence-corrected chi connectivity index (χ1v) is 9.40. The molecule has 1 aromatic rings. The van der Waals surface area contributed by atoms with Crippen LogP contribution in [0.3, 0.4) is 0 Å². The molecule has 0 aromatic carbocycles. The summed E-state index contributed by atoms with van der Waals surface area (Å²) in [6.07, 6.45) is 1.44. The van der Waals surface area contributed by atoms with Crippen LogP contribution >= 0.6 is 11.3 Å². The lowest BCUT2D eigenvalue weighted by Crippen LogP contribution is -2.45. The van der Waals surface area contributed by atoms with Gasteiger partial charge in [-0.05, 0) is 12.3 Å². The molecule has 1 aliphatic heterocycles. The number of carbonyl (C=O) groups is 1. The number of aliphatic hydroxyl groups excluding tert-OH is 1. The molecule has 7 nitrogen and oxygen atoms in total. The average Bonchev–Trinajstić information content (AvgIpc) is 2.77. The number of likely N-dealkylation sites (tertiary alicyclic amines) is 1. The van der Waals surface area contributed by atoms with Crippen LogP contribution in [0.5, 0.6) is 0 Å². The molecule has 0 spiro atoms. The van der Waals surface area contributed by atoms with Gasteiger partial charge in [-0.15, -0.1) is 11.3 Å². The van der Waals surface area contributed by atoms with Gasteiger partial charge in [-0.1, -0.05) is 6.92 Å². The van der Waals surface area contributed by atoms with Crippen LogP contribution in [0.25, 0.3) is 0 Å². The van der Waals surface area contributed by atoms with E-state index in [0.29, 0.717) is 25.2 Å². The Morgan fingerprint density at radius 3 is 2.95 bits per heavy atom. The quantitative estimate of drug-likeness (QED) is 0.825. The van der Waals surface area contributed by atoms with Crippen LogP contribution in [0.1, 0.15) is 19.0 Å². The molecule has 0 aliphatic carbocycles. The van der Waals surface area contributed by atoms with Gasteiger partial charge in [0.1, 0.15) is 0 Å². The minimum Gasteiger partial charge on any atom is -0.393 e. The van der Waals surface area contributed by atoms with Crippen molar-refractivity contribution in [2.45, 2.75) is 25.9 Å². The number of anilines is 1.